The first kappa shape index (κ1) is 17.3. The first-order valence-corrected chi connectivity index (χ1v) is 7.92. The number of hydrogen-bond acceptors (Lipinski definition) is 3. The summed E-state index contributed by atoms with van der Waals surface area (Å²) in [5.41, 5.74) is 2.86. The molecule has 2 rings (SSSR count). The fourth-order valence-corrected chi connectivity index (χ4v) is 2.34. The lowest BCUT2D eigenvalue weighted by Gasteiger charge is -2.18. The van der Waals surface area contributed by atoms with Crippen LogP contribution in [0.25, 0.3) is 0 Å². The van der Waals surface area contributed by atoms with Crippen LogP contribution in [-0.2, 0) is 11.2 Å². The van der Waals surface area contributed by atoms with Crippen LogP contribution in [0.15, 0.2) is 48.5 Å². The predicted molar refractivity (Wildman–Crippen MR) is 95.2 cm³/mol. The van der Waals surface area contributed by atoms with Crippen molar-refractivity contribution in [3.8, 4) is 0 Å². The van der Waals surface area contributed by atoms with Crippen molar-refractivity contribution in [3.05, 3.63) is 59.1 Å². The van der Waals surface area contributed by atoms with Gasteiger partial charge in [-0.05, 0) is 48.4 Å². The molecule has 0 heterocycles. The molecule has 0 radical (unpaired) electrons. The summed E-state index contributed by atoms with van der Waals surface area (Å²) in [6.07, 6.45) is 1.11. The average molecular weight is 333 g/mol. The van der Waals surface area contributed by atoms with Crippen LogP contribution in [0.4, 0.5) is 11.4 Å². The Kier molecular flexibility index (Phi) is 6.44. The second kappa shape index (κ2) is 8.56. The van der Waals surface area contributed by atoms with Gasteiger partial charge in [0.05, 0.1) is 6.61 Å². The highest BCUT2D eigenvalue weighted by Gasteiger charge is 2.05. The zero-order chi connectivity index (χ0) is 16.7. The number of nitrogens with one attached hydrogen (secondary N) is 1. The molecule has 0 saturated heterocycles. The molecule has 0 aliphatic carbocycles. The number of amides is 1. The third kappa shape index (κ3) is 5.58. The number of aliphatic hydroxyl groups is 1. The number of halogens is 1. The largest absolute Gasteiger partial charge is 0.395 e. The molecule has 2 aromatic carbocycles. The second-order valence-corrected chi connectivity index (χ2v) is 5.80. The Hall–Kier alpha value is -2.04. The SMILES string of the molecule is CN(CCO)c1ccc(NC(=O)CCc2ccc(Cl)cc2)cc1. The summed E-state index contributed by atoms with van der Waals surface area (Å²) < 4.78 is 0. The first-order valence-electron chi connectivity index (χ1n) is 7.55. The van der Waals surface area contributed by atoms with Gasteiger partial charge in [0.25, 0.3) is 0 Å². The summed E-state index contributed by atoms with van der Waals surface area (Å²) in [5.74, 6) is -0.0172. The number of aryl methyl sites for hydroxylation is 1. The number of benzene rings is 2. The van der Waals surface area contributed by atoms with Crippen molar-refractivity contribution in [3.63, 3.8) is 0 Å². The molecule has 5 heteroatoms. The molecular formula is C18H21ClN2O2. The Bertz CT molecular complexity index is 626. The minimum atomic E-state index is -0.0172. The topological polar surface area (TPSA) is 52.6 Å². The summed E-state index contributed by atoms with van der Waals surface area (Å²) in [7, 11) is 1.91. The Morgan fingerprint density at radius 1 is 1.13 bits per heavy atom. The zero-order valence-corrected chi connectivity index (χ0v) is 13.9. The van der Waals surface area contributed by atoms with Crippen molar-refractivity contribution >= 4 is 28.9 Å². The van der Waals surface area contributed by atoms with Crippen molar-refractivity contribution in [2.45, 2.75) is 12.8 Å². The zero-order valence-electron chi connectivity index (χ0n) is 13.1. The van der Waals surface area contributed by atoms with Gasteiger partial charge in [-0.2, -0.15) is 0 Å². The van der Waals surface area contributed by atoms with Crippen LogP contribution in [0, 0.1) is 0 Å². The van der Waals surface area contributed by atoms with Gasteiger partial charge in [0, 0.05) is 36.4 Å². The normalized spacial score (nSPS) is 10.4. The Morgan fingerprint density at radius 2 is 1.78 bits per heavy atom. The molecule has 0 spiro atoms. The van der Waals surface area contributed by atoms with E-state index < -0.39 is 0 Å². The summed E-state index contributed by atoms with van der Waals surface area (Å²) in [5, 5.41) is 12.5. The van der Waals surface area contributed by atoms with E-state index in [0.717, 1.165) is 16.9 Å². The second-order valence-electron chi connectivity index (χ2n) is 5.37. The van der Waals surface area contributed by atoms with Gasteiger partial charge < -0.3 is 15.3 Å². The number of likely N-dealkylation sites (N-methyl/N-ethyl adjacent to an activating group) is 1. The van der Waals surface area contributed by atoms with E-state index in [2.05, 4.69) is 5.32 Å². The van der Waals surface area contributed by atoms with Gasteiger partial charge in [0.15, 0.2) is 0 Å². The molecule has 1 amide bonds. The van der Waals surface area contributed by atoms with Gasteiger partial charge in [0.2, 0.25) is 5.91 Å². The van der Waals surface area contributed by atoms with Crippen molar-refractivity contribution < 1.29 is 9.90 Å². The number of aliphatic hydroxyl groups excluding tert-OH is 1. The number of hydrogen-bond donors (Lipinski definition) is 2. The van der Waals surface area contributed by atoms with Gasteiger partial charge in [-0.3, -0.25) is 4.79 Å². The molecular weight excluding hydrogens is 312 g/mol. The highest BCUT2D eigenvalue weighted by atomic mass is 35.5. The number of carbonyl (C=O) groups is 1. The monoisotopic (exact) mass is 332 g/mol. The van der Waals surface area contributed by atoms with Gasteiger partial charge in [-0.15, -0.1) is 0 Å². The number of nitrogens with zero attached hydrogens (tertiary/aromatic N) is 1. The van der Waals surface area contributed by atoms with Crippen molar-refractivity contribution in [1.29, 1.82) is 0 Å². The Morgan fingerprint density at radius 3 is 2.39 bits per heavy atom. The summed E-state index contributed by atoms with van der Waals surface area (Å²) >= 11 is 5.84. The summed E-state index contributed by atoms with van der Waals surface area (Å²) in [4.78, 5) is 13.9. The smallest absolute Gasteiger partial charge is 0.224 e. The number of rotatable bonds is 7. The lowest BCUT2D eigenvalue weighted by Crippen LogP contribution is -2.21. The first-order chi connectivity index (χ1) is 11.1. The molecule has 0 saturated carbocycles. The lowest BCUT2D eigenvalue weighted by atomic mass is 10.1. The predicted octanol–water partition coefficient (Wildman–Crippen LogP) is 3.34. The third-order valence-corrected chi connectivity index (χ3v) is 3.83. The summed E-state index contributed by atoms with van der Waals surface area (Å²) in [6, 6.07) is 15.1. The van der Waals surface area contributed by atoms with E-state index in [0.29, 0.717) is 24.4 Å². The van der Waals surface area contributed by atoms with E-state index in [9.17, 15) is 4.79 Å². The van der Waals surface area contributed by atoms with Crippen molar-refractivity contribution in [2.75, 3.05) is 30.4 Å². The molecule has 122 valence electrons. The van der Waals surface area contributed by atoms with Crippen LogP contribution in [0.5, 0.6) is 0 Å². The number of carbonyl (C=O) groups excluding carboxylic acids is 1. The van der Waals surface area contributed by atoms with Crippen molar-refractivity contribution in [1.82, 2.24) is 0 Å². The van der Waals surface area contributed by atoms with Crippen LogP contribution in [0.1, 0.15) is 12.0 Å². The molecule has 2 N–H and O–H groups in total. The maximum Gasteiger partial charge on any atom is 0.224 e. The fourth-order valence-electron chi connectivity index (χ4n) is 2.21. The van der Waals surface area contributed by atoms with E-state index in [1.54, 1.807) is 0 Å². The maximum atomic E-state index is 12.0. The fraction of sp³-hybridized carbons (Fsp3) is 0.278. The molecule has 2 aromatic rings. The van der Waals surface area contributed by atoms with Crippen LogP contribution in [-0.4, -0.2) is 31.2 Å². The van der Waals surface area contributed by atoms with E-state index in [-0.39, 0.29) is 12.5 Å². The molecule has 0 bridgehead atoms. The highest BCUT2D eigenvalue weighted by Crippen LogP contribution is 2.17. The minimum Gasteiger partial charge on any atom is -0.395 e. The minimum absolute atomic E-state index is 0.0172. The molecule has 4 nitrogen and oxygen atoms in total. The Labute approximate surface area is 141 Å². The van der Waals surface area contributed by atoms with Crippen molar-refractivity contribution in [2.24, 2.45) is 0 Å². The van der Waals surface area contributed by atoms with Crippen LogP contribution >= 0.6 is 11.6 Å². The molecule has 0 aliphatic heterocycles. The summed E-state index contributed by atoms with van der Waals surface area (Å²) in [6.45, 7) is 0.687. The lowest BCUT2D eigenvalue weighted by molar-refractivity contribution is -0.116. The third-order valence-electron chi connectivity index (χ3n) is 3.58. The van der Waals surface area contributed by atoms with Crippen LogP contribution in [0.2, 0.25) is 5.02 Å². The number of anilines is 2. The quantitative estimate of drug-likeness (QED) is 0.817. The van der Waals surface area contributed by atoms with E-state index in [1.165, 1.54) is 0 Å². The van der Waals surface area contributed by atoms with E-state index >= 15 is 0 Å². The Balaban J connectivity index is 1.84. The standard InChI is InChI=1S/C18H21ClN2O2/c1-21(12-13-22)17-9-7-16(8-10-17)20-18(23)11-4-14-2-5-15(19)6-3-14/h2-3,5-10,22H,4,11-13H2,1H3,(H,20,23). The van der Waals surface area contributed by atoms with Gasteiger partial charge in [-0.25, -0.2) is 0 Å². The molecule has 0 aliphatic rings. The average Bonchev–Trinajstić information content (AvgIpc) is 2.55. The van der Waals surface area contributed by atoms with E-state index in [4.69, 9.17) is 16.7 Å². The molecule has 0 atom stereocenters. The van der Waals surface area contributed by atoms with Gasteiger partial charge in [0.1, 0.15) is 0 Å². The van der Waals surface area contributed by atoms with Gasteiger partial charge in [-0.1, -0.05) is 23.7 Å². The molecule has 23 heavy (non-hydrogen) atoms. The van der Waals surface area contributed by atoms with Crippen LogP contribution in [0.3, 0.4) is 0 Å². The molecule has 0 unspecified atom stereocenters. The van der Waals surface area contributed by atoms with Crippen LogP contribution < -0.4 is 10.2 Å². The van der Waals surface area contributed by atoms with Gasteiger partial charge >= 0.3 is 0 Å². The highest BCUT2D eigenvalue weighted by molar-refractivity contribution is 6.30. The molecule has 0 fully saturated rings. The molecule has 0 aromatic heterocycles. The van der Waals surface area contributed by atoms with E-state index in [1.807, 2.05) is 60.5 Å². The maximum absolute atomic E-state index is 12.0.